The van der Waals surface area contributed by atoms with Crippen LogP contribution in [0, 0.1) is 6.92 Å². The molecule has 0 heterocycles. The Kier molecular flexibility index (Phi) is 9.76. The minimum absolute atomic E-state index is 0.154. The van der Waals surface area contributed by atoms with Crippen LogP contribution in [0.25, 0.3) is 0 Å². The second kappa shape index (κ2) is 12.1. The molecule has 2 rings (SSSR count). The number of amides is 2. The van der Waals surface area contributed by atoms with Gasteiger partial charge in [0.2, 0.25) is 21.8 Å². The summed E-state index contributed by atoms with van der Waals surface area (Å²) in [7, 11) is -2.38. The second-order valence-corrected chi connectivity index (χ2v) is 10.4. The lowest BCUT2D eigenvalue weighted by Crippen LogP contribution is -2.51. The van der Waals surface area contributed by atoms with E-state index in [1.807, 2.05) is 38.1 Å². The van der Waals surface area contributed by atoms with E-state index in [4.69, 9.17) is 16.3 Å². The van der Waals surface area contributed by atoms with Crippen molar-refractivity contribution in [2.24, 2.45) is 0 Å². The Morgan fingerprint density at radius 1 is 1.15 bits per heavy atom. The molecule has 1 atom stereocenters. The predicted octanol–water partition coefficient (Wildman–Crippen LogP) is 3.37. The highest BCUT2D eigenvalue weighted by molar-refractivity contribution is 7.92. The lowest BCUT2D eigenvalue weighted by atomic mass is 10.1. The van der Waals surface area contributed by atoms with Crippen molar-refractivity contribution < 1.29 is 22.7 Å². The molecule has 0 fully saturated rings. The number of hydrogen-bond donors (Lipinski definition) is 1. The SMILES string of the molecule is CCCNC(=O)[C@@H](C)N(Cc1ccc(C)cc1)C(=O)CN(c1ccc(OC)c(Cl)c1)S(C)(=O)=O. The van der Waals surface area contributed by atoms with E-state index in [-0.39, 0.29) is 23.2 Å². The number of nitrogens with one attached hydrogen (secondary N) is 1. The van der Waals surface area contributed by atoms with E-state index < -0.39 is 28.5 Å². The Hall–Kier alpha value is -2.78. The molecular weight excluding hydrogens is 478 g/mol. The van der Waals surface area contributed by atoms with Crippen LogP contribution < -0.4 is 14.4 Å². The summed E-state index contributed by atoms with van der Waals surface area (Å²) >= 11 is 6.19. The van der Waals surface area contributed by atoms with Gasteiger partial charge in [0.1, 0.15) is 18.3 Å². The van der Waals surface area contributed by atoms with Gasteiger partial charge in [-0.15, -0.1) is 0 Å². The van der Waals surface area contributed by atoms with Gasteiger partial charge in [-0.25, -0.2) is 8.42 Å². The Morgan fingerprint density at radius 2 is 1.79 bits per heavy atom. The summed E-state index contributed by atoms with van der Waals surface area (Å²) < 4.78 is 31.3. The van der Waals surface area contributed by atoms with E-state index in [1.54, 1.807) is 6.92 Å². The molecule has 0 aliphatic carbocycles. The van der Waals surface area contributed by atoms with Gasteiger partial charge in [-0.3, -0.25) is 13.9 Å². The molecule has 8 nitrogen and oxygen atoms in total. The highest BCUT2D eigenvalue weighted by atomic mass is 35.5. The predicted molar refractivity (Wildman–Crippen MR) is 135 cm³/mol. The zero-order chi connectivity index (χ0) is 25.5. The lowest BCUT2D eigenvalue weighted by molar-refractivity contribution is -0.139. The Morgan fingerprint density at radius 3 is 2.32 bits per heavy atom. The van der Waals surface area contributed by atoms with Gasteiger partial charge in [0.15, 0.2) is 0 Å². The number of sulfonamides is 1. The number of rotatable bonds is 11. The van der Waals surface area contributed by atoms with E-state index in [1.165, 1.54) is 30.2 Å². The third-order valence-corrected chi connectivity index (χ3v) is 6.73. The first-order chi connectivity index (χ1) is 16.0. The molecule has 2 aromatic rings. The lowest BCUT2D eigenvalue weighted by Gasteiger charge is -2.31. The average molecular weight is 510 g/mol. The van der Waals surface area contributed by atoms with Crippen molar-refractivity contribution in [1.82, 2.24) is 10.2 Å². The molecule has 0 spiro atoms. The largest absolute Gasteiger partial charge is 0.495 e. The van der Waals surface area contributed by atoms with E-state index in [9.17, 15) is 18.0 Å². The van der Waals surface area contributed by atoms with E-state index in [0.29, 0.717) is 12.3 Å². The minimum Gasteiger partial charge on any atom is -0.495 e. The quantitative estimate of drug-likeness (QED) is 0.501. The summed E-state index contributed by atoms with van der Waals surface area (Å²) in [6, 6.07) is 11.3. The Labute approximate surface area is 206 Å². The van der Waals surface area contributed by atoms with Crippen molar-refractivity contribution in [2.45, 2.75) is 39.8 Å². The molecule has 0 aromatic heterocycles. The van der Waals surface area contributed by atoms with Crippen molar-refractivity contribution in [3.8, 4) is 5.75 Å². The van der Waals surface area contributed by atoms with Crippen LogP contribution in [0.1, 0.15) is 31.4 Å². The van der Waals surface area contributed by atoms with Gasteiger partial charge < -0.3 is 15.0 Å². The molecule has 0 aliphatic rings. The maximum absolute atomic E-state index is 13.5. The number of ether oxygens (including phenoxy) is 1. The first kappa shape index (κ1) is 27.5. The van der Waals surface area contributed by atoms with E-state index in [2.05, 4.69) is 5.32 Å². The molecule has 0 radical (unpaired) electrons. The third kappa shape index (κ3) is 7.36. The number of hydrogen-bond acceptors (Lipinski definition) is 5. The minimum atomic E-state index is -3.84. The van der Waals surface area contributed by atoms with Crippen molar-refractivity contribution in [3.63, 3.8) is 0 Å². The van der Waals surface area contributed by atoms with Crippen molar-refractivity contribution in [2.75, 3.05) is 30.8 Å². The van der Waals surface area contributed by atoms with Crippen molar-refractivity contribution >= 4 is 39.1 Å². The number of halogens is 1. The molecule has 0 saturated heterocycles. The standard InChI is InChI=1S/C24H32ClN3O5S/c1-6-13-26-24(30)18(3)27(15-19-9-7-17(2)8-10-19)23(29)16-28(34(5,31)32)20-11-12-22(33-4)21(25)14-20/h7-12,14,18H,6,13,15-16H2,1-5H3,(H,26,30)/t18-/m1/s1. The van der Waals surface area contributed by atoms with Crippen molar-refractivity contribution in [1.29, 1.82) is 0 Å². The van der Waals surface area contributed by atoms with Crippen LogP contribution in [-0.2, 0) is 26.2 Å². The molecule has 0 unspecified atom stereocenters. The number of carbonyl (C=O) groups is 2. The van der Waals surface area contributed by atoms with Gasteiger partial charge in [-0.05, 0) is 44.0 Å². The molecule has 10 heteroatoms. The maximum atomic E-state index is 13.5. The monoisotopic (exact) mass is 509 g/mol. The highest BCUT2D eigenvalue weighted by Crippen LogP contribution is 2.30. The Balaban J connectivity index is 2.38. The number of carbonyl (C=O) groups excluding carboxylic acids is 2. The number of nitrogens with zero attached hydrogens (tertiary/aromatic N) is 2. The van der Waals surface area contributed by atoms with Crippen LogP contribution in [0.4, 0.5) is 5.69 Å². The highest BCUT2D eigenvalue weighted by Gasteiger charge is 2.30. The van der Waals surface area contributed by atoms with Gasteiger partial charge >= 0.3 is 0 Å². The third-order valence-electron chi connectivity index (χ3n) is 5.29. The summed E-state index contributed by atoms with van der Waals surface area (Å²) in [6.07, 6.45) is 1.77. The van der Waals surface area contributed by atoms with Gasteiger partial charge in [-0.2, -0.15) is 0 Å². The van der Waals surface area contributed by atoms with E-state index >= 15 is 0 Å². The summed E-state index contributed by atoms with van der Waals surface area (Å²) in [5.41, 5.74) is 2.11. The summed E-state index contributed by atoms with van der Waals surface area (Å²) in [5, 5.41) is 3.01. The number of anilines is 1. The van der Waals surface area contributed by atoms with Gasteiger partial charge in [-0.1, -0.05) is 48.4 Å². The zero-order valence-electron chi connectivity index (χ0n) is 20.2. The normalized spacial score (nSPS) is 12.1. The molecular formula is C24H32ClN3O5S. The van der Waals surface area contributed by atoms with Crippen LogP contribution >= 0.6 is 11.6 Å². The first-order valence-corrected chi connectivity index (χ1v) is 13.1. The molecule has 0 aliphatic heterocycles. The second-order valence-electron chi connectivity index (χ2n) is 8.06. The molecule has 34 heavy (non-hydrogen) atoms. The molecule has 1 N–H and O–H groups in total. The van der Waals surface area contributed by atoms with Crippen LogP contribution in [0.15, 0.2) is 42.5 Å². The zero-order valence-corrected chi connectivity index (χ0v) is 21.7. The van der Waals surface area contributed by atoms with Crippen LogP contribution in [0.2, 0.25) is 5.02 Å². The molecule has 0 bridgehead atoms. The van der Waals surface area contributed by atoms with E-state index in [0.717, 1.165) is 28.1 Å². The fourth-order valence-electron chi connectivity index (χ4n) is 3.29. The summed E-state index contributed by atoms with van der Waals surface area (Å²) in [4.78, 5) is 27.5. The fraction of sp³-hybridized carbons (Fsp3) is 0.417. The first-order valence-electron chi connectivity index (χ1n) is 10.9. The van der Waals surface area contributed by atoms with Crippen LogP contribution in [0.3, 0.4) is 0 Å². The molecule has 2 aromatic carbocycles. The summed E-state index contributed by atoms with van der Waals surface area (Å²) in [5.74, 6) is -0.440. The van der Waals surface area contributed by atoms with Gasteiger partial charge in [0.05, 0.1) is 24.1 Å². The Bertz CT molecular complexity index is 1110. The smallest absolute Gasteiger partial charge is 0.244 e. The topological polar surface area (TPSA) is 96.0 Å². The van der Waals surface area contributed by atoms with Crippen LogP contribution in [-0.4, -0.2) is 57.6 Å². The maximum Gasteiger partial charge on any atom is 0.244 e. The van der Waals surface area contributed by atoms with Gasteiger partial charge in [0.25, 0.3) is 0 Å². The summed E-state index contributed by atoms with van der Waals surface area (Å²) in [6.45, 7) is 5.67. The van der Waals surface area contributed by atoms with Gasteiger partial charge in [0, 0.05) is 13.1 Å². The van der Waals surface area contributed by atoms with Crippen molar-refractivity contribution in [3.05, 3.63) is 58.6 Å². The molecule has 186 valence electrons. The average Bonchev–Trinajstić information content (AvgIpc) is 2.79. The van der Waals surface area contributed by atoms with Crippen LogP contribution in [0.5, 0.6) is 5.75 Å². The molecule has 0 saturated carbocycles. The number of benzene rings is 2. The number of methoxy groups -OCH3 is 1. The fourth-order valence-corrected chi connectivity index (χ4v) is 4.39. The number of aryl methyl sites for hydroxylation is 1. The molecule has 2 amide bonds.